The number of hydrogen-bond acceptors (Lipinski definition) is 6. The van der Waals surface area contributed by atoms with Crippen molar-refractivity contribution in [3.05, 3.63) is 44.8 Å². The number of ketones is 1. The van der Waals surface area contributed by atoms with Gasteiger partial charge in [-0.15, -0.1) is 10.2 Å². The number of carbonyl (C=O) groups is 1. The van der Waals surface area contributed by atoms with Gasteiger partial charge in [-0.2, -0.15) is 0 Å². The van der Waals surface area contributed by atoms with Crippen molar-refractivity contribution in [2.24, 2.45) is 22.1 Å². The number of nitrogens with zero attached hydrogens (tertiary/aromatic N) is 3. The van der Waals surface area contributed by atoms with Crippen molar-refractivity contribution in [1.29, 1.82) is 0 Å². The fourth-order valence-corrected chi connectivity index (χ4v) is 3.30. The lowest BCUT2D eigenvalue weighted by molar-refractivity contribution is -0.384. The minimum Gasteiger partial charge on any atom is -0.510 e. The Morgan fingerprint density at radius 2 is 1.91 bits per heavy atom. The quantitative estimate of drug-likeness (QED) is 0.499. The van der Waals surface area contributed by atoms with Crippen LogP contribution in [0.4, 0.5) is 11.4 Å². The van der Waals surface area contributed by atoms with Gasteiger partial charge in [-0.3, -0.25) is 14.9 Å². The first-order chi connectivity index (χ1) is 11.0. The molecule has 0 radical (unpaired) electrons. The van der Waals surface area contributed by atoms with E-state index in [4.69, 9.17) is 11.6 Å². The second-order valence-electron chi connectivity index (χ2n) is 5.69. The number of halogens is 1. The molecule has 0 aromatic heterocycles. The standard InChI is InChI=1S/C15H14ClN3O4/c16-11-6-5-8(19(22)23)7-12(11)17-18-13-14(20)9-3-1-2-4-10(9)15(13)21/h5-7,9-10,20H,1-4H2. The average Bonchev–Trinajstić information content (AvgIpc) is 2.78. The Morgan fingerprint density at radius 3 is 2.57 bits per heavy atom. The Balaban J connectivity index is 1.91. The van der Waals surface area contributed by atoms with Crippen molar-refractivity contribution in [3.8, 4) is 0 Å². The summed E-state index contributed by atoms with van der Waals surface area (Å²) in [5.74, 6) is -0.633. The largest absolute Gasteiger partial charge is 0.510 e. The first kappa shape index (κ1) is 15.6. The van der Waals surface area contributed by atoms with Crippen molar-refractivity contribution in [3.63, 3.8) is 0 Å². The molecule has 1 aromatic rings. The summed E-state index contributed by atoms with van der Waals surface area (Å²) in [6.45, 7) is 0. The van der Waals surface area contributed by atoms with Crippen molar-refractivity contribution in [2.75, 3.05) is 0 Å². The Kier molecular flexibility index (Phi) is 4.12. The fraction of sp³-hybridized carbons (Fsp3) is 0.400. The maximum Gasteiger partial charge on any atom is 0.271 e. The third-order valence-corrected chi connectivity index (χ3v) is 4.65. The third kappa shape index (κ3) is 2.84. The summed E-state index contributed by atoms with van der Waals surface area (Å²) in [5, 5.41) is 28.9. The van der Waals surface area contributed by atoms with E-state index in [0.29, 0.717) is 0 Å². The van der Waals surface area contributed by atoms with Gasteiger partial charge in [0.25, 0.3) is 5.69 Å². The number of nitro groups is 1. The molecule has 0 spiro atoms. The van der Waals surface area contributed by atoms with Gasteiger partial charge < -0.3 is 5.11 Å². The molecule has 1 saturated carbocycles. The summed E-state index contributed by atoms with van der Waals surface area (Å²) in [4.78, 5) is 22.5. The van der Waals surface area contributed by atoms with Gasteiger partial charge in [0.05, 0.1) is 9.95 Å². The van der Waals surface area contributed by atoms with Crippen LogP contribution in [0, 0.1) is 22.0 Å². The summed E-state index contributed by atoms with van der Waals surface area (Å²) < 4.78 is 0. The van der Waals surface area contributed by atoms with Crippen LogP contribution in [-0.4, -0.2) is 15.8 Å². The SMILES string of the molecule is O=C1C(N=Nc2cc([N+](=O)[O-])ccc2Cl)=C(O)C2CCCCC12. The van der Waals surface area contributed by atoms with Gasteiger partial charge in [0.1, 0.15) is 11.4 Å². The summed E-state index contributed by atoms with van der Waals surface area (Å²) >= 11 is 5.94. The molecular formula is C15H14ClN3O4. The second kappa shape index (κ2) is 6.08. The lowest BCUT2D eigenvalue weighted by Crippen LogP contribution is -2.21. The molecule has 1 aromatic carbocycles. The van der Waals surface area contributed by atoms with Gasteiger partial charge >= 0.3 is 0 Å². The van der Waals surface area contributed by atoms with Crippen LogP contribution in [0.5, 0.6) is 0 Å². The first-order valence-corrected chi connectivity index (χ1v) is 7.70. The lowest BCUT2D eigenvalue weighted by Gasteiger charge is -2.23. The maximum absolute atomic E-state index is 12.3. The topological polar surface area (TPSA) is 105 Å². The Labute approximate surface area is 136 Å². The van der Waals surface area contributed by atoms with Crippen molar-refractivity contribution < 1.29 is 14.8 Å². The number of carbonyl (C=O) groups excluding carboxylic acids is 1. The van der Waals surface area contributed by atoms with Crippen molar-refractivity contribution >= 4 is 28.8 Å². The van der Waals surface area contributed by atoms with Gasteiger partial charge in [-0.25, -0.2) is 0 Å². The molecule has 3 rings (SSSR count). The van der Waals surface area contributed by atoms with E-state index < -0.39 is 4.92 Å². The van der Waals surface area contributed by atoms with E-state index in [2.05, 4.69) is 10.2 Å². The zero-order valence-corrected chi connectivity index (χ0v) is 12.9. The number of aliphatic hydroxyl groups excluding tert-OH is 1. The molecule has 2 atom stereocenters. The number of non-ortho nitro benzene ring substituents is 1. The molecule has 0 heterocycles. The van der Waals surface area contributed by atoms with Crippen LogP contribution in [0.3, 0.4) is 0 Å². The summed E-state index contributed by atoms with van der Waals surface area (Å²) in [6, 6.07) is 3.78. The minimum atomic E-state index is -0.568. The van der Waals surface area contributed by atoms with Crippen LogP contribution in [-0.2, 0) is 4.79 Å². The van der Waals surface area contributed by atoms with Crippen LogP contribution in [0.1, 0.15) is 25.7 Å². The first-order valence-electron chi connectivity index (χ1n) is 7.32. The highest BCUT2D eigenvalue weighted by Gasteiger charge is 2.43. The van der Waals surface area contributed by atoms with Crippen LogP contribution in [0.15, 0.2) is 39.9 Å². The van der Waals surface area contributed by atoms with Gasteiger partial charge in [-0.05, 0) is 18.9 Å². The number of aliphatic hydroxyl groups is 1. The number of rotatable bonds is 3. The minimum absolute atomic E-state index is 0.0231. The number of Topliss-reactive ketones (excluding diaryl/α,β-unsaturated/α-hetero) is 1. The molecule has 0 saturated heterocycles. The van der Waals surface area contributed by atoms with Crippen molar-refractivity contribution in [2.45, 2.75) is 25.7 Å². The number of benzene rings is 1. The lowest BCUT2D eigenvalue weighted by atomic mass is 9.80. The number of hydrogen-bond donors (Lipinski definition) is 1. The van der Waals surface area contributed by atoms with Crippen LogP contribution < -0.4 is 0 Å². The summed E-state index contributed by atoms with van der Waals surface area (Å²) in [6.07, 6.45) is 3.43. The smallest absolute Gasteiger partial charge is 0.271 e. The van der Waals surface area contributed by atoms with Gasteiger partial charge in [0.2, 0.25) is 0 Å². The highest BCUT2D eigenvalue weighted by atomic mass is 35.5. The molecule has 1 fully saturated rings. The van der Waals surface area contributed by atoms with Crippen LogP contribution in [0.25, 0.3) is 0 Å². The Bertz CT molecular complexity index is 744. The van der Waals surface area contributed by atoms with E-state index in [1.54, 1.807) is 0 Å². The molecule has 120 valence electrons. The summed E-state index contributed by atoms with van der Waals surface area (Å²) in [7, 11) is 0. The molecule has 1 N–H and O–H groups in total. The average molecular weight is 336 g/mol. The predicted octanol–water partition coefficient (Wildman–Crippen LogP) is 4.49. The van der Waals surface area contributed by atoms with Crippen LogP contribution in [0.2, 0.25) is 5.02 Å². The normalized spacial score (nSPS) is 24.3. The molecule has 23 heavy (non-hydrogen) atoms. The summed E-state index contributed by atoms with van der Waals surface area (Å²) in [5.41, 5.74) is -0.138. The Hall–Kier alpha value is -2.28. The van der Waals surface area contributed by atoms with E-state index in [0.717, 1.165) is 25.7 Å². The second-order valence-corrected chi connectivity index (χ2v) is 6.10. The van der Waals surface area contributed by atoms with E-state index in [1.807, 2.05) is 0 Å². The molecule has 8 heteroatoms. The molecule has 7 nitrogen and oxygen atoms in total. The number of nitro benzene ring substituents is 1. The number of allylic oxidation sites excluding steroid dienone is 2. The maximum atomic E-state index is 12.3. The molecule has 2 aliphatic carbocycles. The fourth-order valence-electron chi connectivity index (χ4n) is 3.15. The molecule has 0 bridgehead atoms. The Morgan fingerprint density at radius 1 is 1.22 bits per heavy atom. The van der Waals surface area contributed by atoms with E-state index in [9.17, 15) is 20.0 Å². The molecular weight excluding hydrogens is 322 g/mol. The van der Waals surface area contributed by atoms with E-state index >= 15 is 0 Å². The van der Waals surface area contributed by atoms with Crippen molar-refractivity contribution in [1.82, 2.24) is 0 Å². The van der Waals surface area contributed by atoms with E-state index in [-0.39, 0.29) is 45.5 Å². The third-order valence-electron chi connectivity index (χ3n) is 4.33. The number of fused-ring (bicyclic) bond motifs is 1. The molecule has 0 amide bonds. The van der Waals surface area contributed by atoms with E-state index in [1.165, 1.54) is 18.2 Å². The molecule has 2 unspecified atom stereocenters. The highest BCUT2D eigenvalue weighted by Crippen LogP contribution is 2.43. The zero-order chi connectivity index (χ0) is 16.6. The molecule has 2 aliphatic rings. The highest BCUT2D eigenvalue weighted by molar-refractivity contribution is 6.33. The number of azo groups is 1. The van der Waals surface area contributed by atoms with Gasteiger partial charge in [-0.1, -0.05) is 24.4 Å². The molecule has 0 aliphatic heterocycles. The zero-order valence-electron chi connectivity index (χ0n) is 12.1. The predicted molar refractivity (Wildman–Crippen MR) is 82.7 cm³/mol. The van der Waals surface area contributed by atoms with Gasteiger partial charge in [0, 0.05) is 24.0 Å². The van der Waals surface area contributed by atoms with Crippen LogP contribution >= 0.6 is 11.6 Å². The monoisotopic (exact) mass is 335 g/mol. The van der Waals surface area contributed by atoms with Gasteiger partial charge in [0.15, 0.2) is 11.5 Å².